The van der Waals surface area contributed by atoms with Gasteiger partial charge in [-0.15, -0.1) is 0 Å². The Bertz CT molecular complexity index is 1410. The van der Waals surface area contributed by atoms with Crippen LogP contribution >= 0.6 is 0 Å². The summed E-state index contributed by atoms with van der Waals surface area (Å²) in [5.41, 5.74) is 1.11. The maximum Gasteiger partial charge on any atom is 0.330 e. The van der Waals surface area contributed by atoms with Crippen LogP contribution in [0, 0.1) is 50.2 Å². The fourth-order valence-corrected chi connectivity index (χ4v) is 11.7. The molecule has 0 amide bonds. The minimum atomic E-state index is -0.640. The third-order valence-corrected chi connectivity index (χ3v) is 14.7. The van der Waals surface area contributed by atoms with Crippen molar-refractivity contribution in [2.24, 2.45) is 50.2 Å². The molecule has 4 fully saturated rings. The molecule has 0 unspecified atom stereocenters. The van der Waals surface area contributed by atoms with Crippen molar-refractivity contribution in [1.82, 2.24) is 0 Å². The first-order valence-electron chi connectivity index (χ1n) is 17.3. The van der Waals surface area contributed by atoms with Crippen LogP contribution in [0.25, 0.3) is 6.08 Å². The third kappa shape index (κ3) is 4.83. The summed E-state index contributed by atoms with van der Waals surface area (Å²) in [6.45, 7) is 14.3. The summed E-state index contributed by atoms with van der Waals surface area (Å²) in [6.07, 6.45) is 14.0. The minimum absolute atomic E-state index is 0.0291. The van der Waals surface area contributed by atoms with Crippen LogP contribution < -0.4 is 0 Å². The normalized spacial score (nSPS) is 43.7. The van der Waals surface area contributed by atoms with Gasteiger partial charge >= 0.3 is 11.9 Å². The SMILES string of the molecule is CC1(C)CC[C@]2(C(=O)O)CC[C@]3(C)C(=CC[C@@H]4[C@@]5(C)CC[C@H](O)[C@@](C)(COC(=O)/C=C/c6ccc(O)cc6)[C@@H]5CC[C@]43C)[C@@H]2C1. The smallest absolute Gasteiger partial charge is 0.330 e. The van der Waals surface area contributed by atoms with Crippen LogP contribution in [0.3, 0.4) is 0 Å². The number of aliphatic carboxylic acids is 1. The van der Waals surface area contributed by atoms with Crippen LogP contribution in [0.2, 0.25) is 0 Å². The van der Waals surface area contributed by atoms with Crippen LogP contribution in [-0.2, 0) is 14.3 Å². The highest BCUT2D eigenvalue weighted by molar-refractivity contribution is 5.87. The fourth-order valence-electron chi connectivity index (χ4n) is 11.7. The van der Waals surface area contributed by atoms with E-state index in [1.807, 2.05) is 0 Å². The minimum Gasteiger partial charge on any atom is -0.508 e. The van der Waals surface area contributed by atoms with Crippen molar-refractivity contribution in [2.75, 3.05) is 6.61 Å². The van der Waals surface area contributed by atoms with Crippen molar-refractivity contribution in [1.29, 1.82) is 0 Å². The summed E-state index contributed by atoms with van der Waals surface area (Å²) in [6, 6.07) is 6.64. The summed E-state index contributed by atoms with van der Waals surface area (Å²) in [5.74, 6) is -0.152. The average Bonchev–Trinajstić information content (AvgIpc) is 2.98. The van der Waals surface area contributed by atoms with Crippen molar-refractivity contribution < 1.29 is 29.6 Å². The fraction of sp³-hybridized carbons (Fsp3) is 0.692. The highest BCUT2D eigenvalue weighted by atomic mass is 16.5. The molecular weight excluding hydrogens is 564 g/mol. The number of allylic oxidation sites excluding steroid dienone is 2. The molecule has 5 aliphatic carbocycles. The van der Waals surface area contributed by atoms with E-state index in [0.29, 0.717) is 12.3 Å². The van der Waals surface area contributed by atoms with Gasteiger partial charge in [0.2, 0.25) is 0 Å². The van der Waals surface area contributed by atoms with Crippen LogP contribution in [0.15, 0.2) is 42.0 Å². The highest BCUT2D eigenvalue weighted by Gasteiger charge is 2.69. The zero-order valence-corrected chi connectivity index (χ0v) is 28.2. The van der Waals surface area contributed by atoms with E-state index in [2.05, 4.69) is 47.6 Å². The molecule has 0 radical (unpaired) electrons. The molecule has 1 aromatic carbocycles. The van der Waals surface area contributed by atoms with Crippen molar-refractivity contribution in [3.63, 3.8) is 0 Å². The zero-order chi connectivity index (χ0) is 32.6. The second-order valence-electron chi connectivity index (χ2n) is 17.3. The van der Waals surface area contributed by atoms with Crippen molar-refractivity contribution >= 4 is 18.0 Å². The van der Waals surface area contributed by atoms with E-state index in [1.54, 1.807) is 30.3 Å². The maximum atomic E-state index is 12.9. The number of carboxylic acid groups (broad SMARTS) is 1. The number of carbonyl (C=O) groups excluding carboxylic acids is 1. The molecule has 45 heavy (non-hydrogen) atoms. The van der Waals surface area contributed by atoms with E-state index < -0.39 is 28.9 Å². The Balaban J connectivity index is 1.27. The molecular formula is C39H54O6. The number of rotatable bonds is 5. The Morgan fingerprint density at radius 2 is 1.60 bits per heavy atom. The van der Waals surface area contributed by atoms with Gasteiger partial charge in [0.1, 0.15) is 5.75 Å². The number of hydrogen-bond donors (Lipinski definition) is 3. The van der Waals surface area contributed by atoms with Gasteiger partial charge < -0.3 is 20.1 Å². The van der Waals surface area contributed by atoms with Crippen molar-refractivity contribution in [3.8, 4) is 5.75 Å². The molecule has 0 saturated heterocycles. The highest BCUT2D eigenvalue weighted by Crippen LogP contribution is 2.75. The Hall–Kier alpha value is -2.60. The number of esters is 1. The Labute approximate surface area is 269 Å². The third-order valence-electron chi connectivity index (χ3n) is 14.7. The monoisotopic (exact) mass is 618 g/mol. The number of carboxylic acids is 1. The maximum absolute atomic E-state index is 12.9. The Morgan fingerprint density at radius 3 is 2.29 bits per heavy atom. The number of benzene rings is 1. The number of phenols is 1. The summed E-state index contributed by atoms with van der Waals surface area (Å²) < 4.78 is 5.87. The van der Waals surface area contributed by atoms with Crippen molar-refractivity contribution in [3.05, 3.63) is 47.6 Å². The van der Waals surface area contributed by atoms with Crippen LogP contribution in [0.5, 0.6) is 5.75 Å². The molecule has 6 nitrogen and oxygen atoms in total. The predicted molar refractivity (Wildman–Crippen MR) is 175 cm³/mol. The molecule has 246 valence electrons. The number of ether oxygens (including phenoxy) is 1. The molecule has 1 aromatic rings. The van der Waals surface area contributed by atoms with Gasteiger partial charge in [0.25, 0.3) is 0 Å². The summed E-state index contributed by atoms with van der Waals surface area (Å²) in [4.78, 5) is 25.8. The second-order valence-corrected chi connectivity index (χ2v) is 17.3. The standard InChI is InChI=1S/C39H54O6/c1-34(2)19-21-39(33(43)44)22-20-37(5)27(28(39)23-34)12-13-30-35(3)17-16-31(41)36(4,29(35)15-18-38(30,37)6)24-45-32(42)14-9-25-7-10-26(40)11-8-25/h7-12,14,28-31,40-41H,13,15-24H2,1-6H3,(H,43,44)/b14-9+/t28-,29+,30+,31-,35-,36-,37+,38+,39-/m0/s1. The van der Waals surface area contributed by atoms with Crippen LogP contribution in [0.4, 0.5) is 0 Å². The molecule has 0 aromatic heterocycles. The van der Waals surface area contributed by atoms with Gasteiger partial charge in [0, 0.05) is 11.5 Å². The van der Waals surface area contributed by atoms with Crippen LogP contribution in [0.1, 0.15) is 111 Å². The number of hydrogen-bond acceptors (Lipinski definition) is 5. The lowest BCUT2D eigenvalue weighted by Gasteiger charge is -2.71. The summed E-state index contributed by atoms with van der Waals surface area (Å²) >= 11 is 0. The Kier molecular flexibility index (Phi) is 7.70. The second kappa shape index (κ2) is 10.7. The molecule has 5 aliphatic rings. The average molecular weight is 619 g/mol. The molecule has 0 heterocycles. The molecule has 0 spiro atoms. The van der Waals surface area contributed by atoms with E-state index in [-0.39, 0.29) is 45.9 Å². The molecule has 9 atom stereocenters. The molecule has 4 saturated carbocycles. The lowest BCUT2D eigenvalue weighted by atomic mass is 9.33. The van der Waals surface area contributed by atoms with E-state index >= 15 is 0 Å². The van der Waals surface area contributed by atoms with Gasteiger partial charge in [-0.25, -0.2) is 4.79 Å². The van der Waals surface area contributed by atoms with Gasteiger partial charge in [-0.2, -0.15) is 0 Å². The number of fused-ring (bicyclic) bond motifs is 7. The molecule has 0 aliphatic heterocycles. The summed E-state index contributed by atoms with van der Waals surface area (Å²) in [7, 11) is 0. The molecule has 0 bridgehead atoms. The first-order valence-corrected chi connectivity index (χ1v) is 17.3. The van der Waals surface area contributed by atoms with Crippen LogP contribution in [-0.4, -0.2) is 40.0 Å². The Morgan fingerprint density at radius 1 is 0.911 bits per heavy atom. The number of aliphatic hydroxyl groups excluding tert-OH is 1. The zero-order valence-electron chi connectivity index (χ0n) is 28.2. The van der Waals surface area contributed by atoms with Gasteiger partial charge in [-0.1, -0.05) is 65.3 Å². The van der Waals surface area contributed by atoms with E-state index in [9.17, 15) is 24.9 Å². The predicted octanol–water partition coefficient (Wildman–Crippen LogP) is 8.18. The van der Waals surface area contributed by atoms with Gasteiger partial charge in [0.15, 0.2) is 0 Å². The van der Waals surface area contributed by atoms with Gasteiger partial charge in [0.05, 0.1) is 18.1 Å². The molecule has 3 N–H and O–H groups in total. The number of aliphatic hydroxyl groups is 1. The van der Waals surface area contributed by atoms with Gasteiger partial charge in [-0.05, 0) is 127 Å². The van der Waals surface area contributed by atoms with Crippen molar-refractivity contribution in [2.45, 2.75) is 112 Å². The van der Waals surface area contributed by atoms with E-state index in [1.165, 1.54) is 11.6 Å². The number of carbonyl (C=O) groups is 2. The largest absolute Gasteiger partial charge is 0.508 e. The van der Waals surface area contributed by atoms with Gasteiger partial charge in [-0.3, -0.25) is 4.79 Å². The number of phenolic OH excluding ortho intramolecular Hbond substituents is 1. The topological polar surface area (TPSA) is 104 Å². The molecule has 6 heteroatoms. The quantitative estimate of drug-likeness (QED) is 0.175. The lowest BCUT2D eigenvalue weighted by Crippen LogP contribution is -2.66. The molecule has 6 rings (SSSR count). The first kappa shape index (κ1) is 32.3. The lowest BCUT2D eigenvalue weighted by molar-refractivity contribution is -0.219. The van der Waals surface area contributed by atoms with E-state index in [4.69, 9.17) is 4.74 Å². The van der Waals surface area contributed by atoms with E-state index in [0.717, 1.165) is 63.4 Å². The number of aromatic hydroxyl groups is 1. The first-order chi connectivity index (χ1) is 21.0. The summed E-state index contributed by atoms with van der Waals surface area (Å²) in [5, 5.41) is 31.6.